The Hall–Kier alpha value is -3.45. The Labute approximate surface area is 194 Å². The number of likely N-dealkylation sites (tertiary alicyclic amines) is 1. The summed E-state index contributed by atoms with van der Waals surface area (Å²) < 4.78 is 0. The van der Waals surface area contributed by atoms with Crippen LogP contribution < -0.4 is 10.6 Å². The third-order valence-corrected chi connectivity index (χ3v) is 6.46. The van der Waals surface area contributed by atoms with Crippen LogP contribution >= 0.6 is 0 Å². The zero-order chi connectivity index (χ0) is 22.6. The van der Waals surface area contributed by atoms with Gasteiger partial charge in [-0.25, -0.2) is 0 Å². The smallest absolute Gasteiger partial charge is 0.116 e. The largest absolute Gasteiger partial charge is 0.356 e. The summed E-state index contributed by atoms with van der Waals surface area (Å²) in [7, 11) is 1.81. The van der Waals surface area contributed by atoms with Crippen molar-refractivity contribution >= 4 is 22.4 Å². The Morgan fingerprint density at radius 2 is 2.00 bits per heavy atom. The number of piperidine rings is 1. The molecule has 1 aromatic carbocycles. The molecular weight excluding hydrogens is 410 g/mol. The van der Waals surface area contributed by atoms with Gasteiger partial charge in [-0.1, -0.05) is 19.1 Å². The molecule has 1 fully saturated rings. The van der Waals surface area contributed by atoms with Crippen molar-refractivity contribution in [2.45, 2.75) is 38.6 Å². The topological polar surface area (TPSA) is 81.2 Å². The Morgan fingerprint density at radius 1 is 1.12 bits per heavy atom. The number of rotatable bonds is 6. The number of aromatic nitrogens is 3. The highest BCUT2D eigenvalue weighted by Gasteiger charge is 2.15. The summed E-state index contributed by atoms with van der Waals surface area (Å²) >= 11 is 0. The molecular formula is C26H31N7. The molecule has 0 bridgehead atoms. The van der Waals surface area contributed by atoms with Crippen LogP contribution in [-0.2, 0) is 6.54 Å². The molecule has 2 aromatic heterocycles. The number of benzene rings is 1. The van der Waals surface area contributed by atoms with Crippen LogP contribution in [0.2, 0.25) is 0 Å². The number of aromatic amines is 1. The summed E-state index contributed by atoms with van der Waals surface area (Å²) in [4.78, 5) is 11.3. The van der Waals surface area contributed by atoms with Crippen LogP contribution in [0.3, 0.4) is 0 Å². The molecule has 3 aromatic rings. The molecule has 5 rings (SSSR count). The van der Waals surface area contributed by atoms with E-state index >= 15 is 0 Å². The standard InChI is InChI=1S/C26H31N7/c1-18(30-22-7-9-25(27-2)29-16-22)26-23-13-20(6-8-24(23)31-32-26)21-12-19(14-28-15-21)17-33-10-4-3-5-11-33/h6,8,12-16,30H,1,3-5,7,9-11,17H2,2H3,(H,27,29)(H,31,32). The van der Waals surface area contributed by atoms with Crippen molar-refractivity contribution in [3.63, 3.8) is 0 Å². The number of nitrogens with zero attached hydrogens (tertiary/aromatic N) is 4. The van der Waals surface area contributed by atoms with Gasteiger partial charge in [0.1, 0.15) is 11.5 Å². The molecule has 2 aliphatic rings. The van der Waals surface area contributed by atoms with Crippen LogP contribution in [0, 0.1) is 0 Å². The fourth-order valence-electron chi connectivity index (χ4n) is 4.63. The molecule has 0 radical (unpaired) electrons. The van der Waals surface area contributed by atoms with Gasteiger partial charge in [-0.3, -0.25) is 20.0 Å². The van der Waals surface area contributed by atoms with Crippen molar-refractivity contribution in [3.05, 3.63) is 66.4 Å². The highest BCUT2D eigenvalue weighted by molar-refractivity contribution is 5.93. The van der Waals surface area contributed by atoms with Gasteiger partial charge in [0.2, 0.25) is 0 Å². The minimum atomic E-state index is 0.778. The fourth-order valence-corrected chi connectivity index (χ4v) is 4.63. The number of allylic oxidation sites excluding steroid dienone is 1. The Balaban J connectivity index is 1.36. The maximum Gasteiger partial charge on any atom is 0.116 e. The minimum Gasteiger partial charge on any atom is -0.356 e. The minimum absolute atomic E-state index is 0.778. The maximum absolute atomic E-state index is 4.54. The fraction of sp³-hybridized carbons (Fsp3) is 0.346. The van der Waals surface area contributed by atoms with E-state index in [0.717, 1.165) is 64.3 Å². The average Bonchev–Trinajstić information content (AvgIpc) is 3.29. The van der Waals surface area contributed by atoms with E-state index in [1.807, 2.05) is 18.6 Å². The van der Waals surface area contributed by atoms with E-state index in [1.54, 1.807) is 7.05 Å². The number of hydrogen-bond acceptors (Lipinski definition) is 5. The van der Waals surface area contributed by atoms with E-state index in [2.05, 4.69) is 66.6 Å². The van der Waals surface area contributed by atoms with E-state index < -0.39 is 0 Å². The molecule has 3 N–H and O–H groups in total. The summed E-state index contributed by atoms with van der Waals surface area (Å²) in [6, 6.07) is 8.65. The molecule has 0 aliphatic carbocycles. The number of aliphatic imine (C=N–C) groups is 1. The van der Waals surface area contributed by atoms with Gasteiger partial charge in [-0.05, 0) is 61.7 Å². The lowest BCUT2D eigenvalue weighted by atomic mass is 10.0. The Morgan fingerprint density at radius 3 is 2.79 bits per heavy atom. The zero-order valence-corrected chi connectivity index (χ0v) is 19.2. The molecule has 1 saturated heterocycles. The monoisotopic (exact) mass is 441 g/mol. The highest BCUT2D eigenvalue weighted by Crippen LogP contribution is 2.28. The molecule has 0 saturated carbocycles. The van der Waals surface area contributed by atoms with Crippen molar-refractivity contribution in [1.82, 2.24) is 30.7 Å². The van der Waals surface area contributed by atoms with E-state index in [4.69, 9.17) is 0 Å². The van der Waals surface area contributed by atoms with E-state index in [1.165, 1.54) is 37.9 Å². The molecule has 0 atom stereocenters. The second kappa shape index (κ2) is 9.58. The maximum atomic E-state index is 4.54. The van der Waals surface area contributed by atoms with Gasteiger partial charge in [0.15, 0.2) is 0 Å². The van der Waals surface area contributed by atoms with Crippen molar-refractivity contribution in [2.24, 2.45) is 4.99 Å². The third-order valence-electron chi connectivity index (χ3n) is 6.46. The van der Waals surface area contributed by atoms with Crippen LogP contribution in [0.15, 0.2) is 60.1 Å². The first kappa shape index (κ1) is 21.4. The highest BCUT2D eigenvalue weighted by atomic mass is 15.1. The number of nitrogens with one attached hydrogen (secondary N) is 3. The van der Waals surface area contributed by atoms with E-state index in [0.29, 0.717) is 0 Å². The summed E-state index contributed by atoms with van der Waals surface area (Å²) in [5.41, 5.74) is 7.20. The lowest BCUT2D eigenvalue weighted by Crippen LogP contribution is -2.29. The van der Waals surface area contributed by atoms with Crippen LogP contribution in [0.5, 0.6) is 0 Å². The normalized spacial score (nSPS) is 18.2. The van der Waals surface area contributed by atoms with Crippen LogP contribution in [0.1, 0.15) is 43.4 Å². The predicted octanol–water partition coefficient (Wildman–Crippen LogP) is 4.42. The lowest BCUT2D eigenvalue weighted by molar-refractivity contribution is 0.220. The van der Waals surface area contributed by atoms with Crippen molar-refractivity contribution in [3.8, 4) is 11.1 Å². The zero-order valence-electron chi connectivity index (χ0n) is 19.2. The molecule has 0 unspecified atom stereocenters. The second-order valence-corrected chi connectivity index (χ2v) is 8.84. The second-order valence-electron chi connectivity index (χ2n) is 8.84. The van der Waals surface area contributed by atoms with Gasteiger partial charge in [0, 0.05) is 55.3 Å². The Bertz CT molecular complexity index is 1210. The van der Waals surface area contributed by atoms with Gasteiger partial charge in [-0.2, -0.15) is 5.10 Å². The number of H-pyrrole nitrogens is 1. The molecule has 170 valence electrons. The summed E-state index contributed by atoms with van der Waals surface area (Å²) in [6.07, 6.45) is 11.6. The van der Waals surface area contributed by atoms with Crippen molar-refractivity contribution in [2.75, 3.05) is 20.1 Å². The van der Waals surface area contributed by atoms with Gasteiger partial charge in [0.05, 0.1) is 11.2 Å². The van der Waals surface area contributed by atoms with Crippen LogP contribution in [0.25, 0.3) is 27.7 Å². The summed E-state index contributed by atoms with van der Waals surface area (Å²) in [5, 5.41) is 15.4. The van der Waals surface area contributed by atoms with Gasteiger partial charge in [-0.15, -0.1) is 0 Å². The molecule has 0 spiro atoms. The van der Waals surface area contributed by atoms with Gasteiger partial charge in [0.25, 0.3) is 0 Å². The molecule has 2 aliphatic heterocycles. The Kier molecular flexibility index (Phi) is 6.21. The first-order valence-corrected chi connectivity index (χ1v) is 11.7. The van der Waals surface area contributed by atoms with Crippen LogP contribution in [-0.4, -0.2) is 46.1 Å². The molecule has 7 heteroatoms. The van der Waals surface area contributed by atoms with Gasteiger partial charge >= 0.3 is 0 Å². The average molecular weight is 442 g/mol. The van der Waals surface area contributed by atoms with E-state index in [9.17, 15) is 0 Å². The van der Waals surface area contributed by atoms with Crippen LogP contribution in [0.4, 0.5) is 0 Å². The number of hydrogen-bond donors (Lipinski definition) is 3. The van der Waals surface area contributed by atoms with E-state index in [-0.39, 0.29) is 0 Å². The molecule has 4 heterocycles. The lowest BCUT2D eigenvalue weighted by Gasteiger charge is -2.26. The van der Waals surface area contributed by atoms with Crippen molar-refractivity contribution in [1.29, 1.82) is 0 Å². The summed E-state index contributed by atoms with van der Waals surface area (Å²) in [5.74, 6) is 0.997. The van der Waals surface area contributed by atoms with Gasteiger partial charge < -0.3 is 10.6 Å². The summed E-state index contributed by atoms with van der Waals surface area (Å²) in [6.45, 7) is 7.58. The number of fused-ring (bicyclic) bond motifs is 1. The number of pyridine rings is 1. The SMILES string of the molecule is C=C(NC1=CNC(=NC)CC1)c1n[nH]c2ccc(-c3cncc(CN4CCCCC4)c3)cc12. The number of amidine groups is 1. The van der Waals surface area contributed by atoms with Crippen molar-refractivity contribution < 1.29 is 0 Å². The quantitative estimate of drug-likeness (QED) is 0.527. The molecule has 7 nitrogen and oxygen atoms in total. The first-order valence-electron chi connectivity index (χ1n) is 11.7. The molecule has 0 amide bonds. The first-order chi connectivity index (χ1) is 16.2. The molecule has 33 heavy (non-hydrogen) atoms. The predicted molar refractivity (Wildman–Crippen MR) is 134 cm³/mol. The third kappa shape index (κ3) is 4.83.